The number of alkyl carbamates (subject to hydrolysis) is 1. The molecule has 5 atom stereocenters. The number of amides is 4. The second-order valence-electron chi connectivity index (χ2n) is 15.6. The molecule has 1 unspecified atom stereocenters. The highest BCUT2D eigenvalue weighted by Gasteiger charge is 2.62. The van der Waals surface area contributed by atoms with Gasteiger partial charge in [0, 0.05) is 18.5 Å². The van der Waals surface area contributed by atoms with E-state index in [1.165, 1.54) is 22.3 Å². The van der Waals surface area contributed by atoms with Crippen LogP contribution in [0.2, 0.25) is 0 Å². The smallest absolute Gasteiger partial charge is 0.408 e. The summed E-state index contributed by atoms with van der Waals surface area (Å²) in [6.45, 7) is 9.11. The van der Waals surface area contributed by atoms with Crippen LogP contribution in [-0.2, 0) is 29.1 Å². The standard InChI is InChI=1S/C37H45N7O8S2/c1-5-21-19-37(21,34(47)43-54(49,50)24-14-15-24)42-31(45)26-18-23(51-32-28(27-13-9-17-53-27)39-25-12-8-16-38-30(25)41-32)20-44(26)33(46)29(36(2,3)4)40-35(48)52-22-10-6-7-11-22/h5,8-9,12-13,16-17,21-24,26,29H,1,6-7,10-11,14-15,18-20H2,2-4H3,(H,40,48)(H,42,45)(H,43,47)/t21-,23-,26+,29-,37?/m1/s1. The molecule has 0 bridgehead atoms. The van der Waals surface area contributed by atoms with Crippen molar-refractivity contribution in [3.05, 3.63) is 48.5 Å². The molecule has 15 nitrogen and oxygen atoms in total. The van der Waals surface area contributed by atoms with Gasteiger partial charge in [0.05, 0.1) is 16.7 Å². The fraction of sp³-hybridized carbons (Fsp3) is 0.541. The van der Waals surface area contributed by atoms with Gasteiger partial charge in [0.2, 0.25) is 27.7 Å². The van der Waals surface area contributed by atoms with E-state index in [2.05, 4.69) is 31.9 Å². The Morgan fingerprint density at radius 1 is 1.07 bits per heavy atom. The first kappa shape index (κ1) is 37.7. The molecule has 3 aliphatic carbocycles. The van der Waals surface area contributed by atoms with Gasteiger partial charge in [-0.1, -0.05) is 32.9 Å². The van der Waals surface area contributed by atoms with Crippen LogP contribution in [0.1, 0.15) is 72.1 Å². The third kappa shape index (κ3) is 7.78. The maximum atomic E-state index is 14.6. The van der Waals surface area contributed by atoms with Gasteiger partial charge < -0.3 is 25.0 Å². The Morgan fingerprint density at radius 2 is 1.83 bits per heavy atom. The molecule has 288 valence electrons. The van der Waals surface area contributed by atoms with E-state index in [0.29, 0.717) is 29.7 Å². The molecule has 7 rings (SSSR count). The minimum absolute atomic E-state index is 0.0103. The highest BCUT2D eigenvalue weighted by Crippen LogP contribution is 2.46. The number of thiophene rings is 1. The monoisotopic (exact) mass is 779 g/mol. The van der Waals surface area contributed by atoms with Gasteiger partial charge in [-0.25, -0.2) is 23.2 Å². The predicted octanol–water partition coefficient (Wildman–Crippen LogP) is 3.85. The molecule has 3 aromatic heterocycles. The molecule has 3 aromatic rings. The Labute approximate surface area is 317 Å². The van der Waals surface area contributed by atoms with E-state index in [1.807, 2.05) is 17.5 Å². The van der Waals surface area contributed by atoms with Crippen LogP contribution in [-0.4, -0.2) is 93.7 Å². The van der Waals surface area contributed by atoms with Crippen LogP contribution in [0.15, 0.2) is 48.5 Å². The van der Waals surface area contributed by atoms with Crippen molar-refractivity contribution in [1.82, 2.24) is 35.2 Å². The molecule has 4 amide bonds. The van der Waals surface area contributed by atoms with Gasteiger partial charge in [0.15, 0.2) is 5.65 Å². The first-order valence-corrected chi connectivity index (χ1v) is 20.7. The lowest BCUT2D eigenvalue weighted by Gasteiger charge is -2.35. The van der Waals surface area contributed by atoms with Crippen LogP contribution in [0.4, 0.5) is 4.79 Å². The Morgan fingerprint density at radius 3 is 2.48 bits per heavy atom. The molecule has 4 aliphatic rings. The molecule has 3 N–H and O–H groups in total. The quantitative estimate of drug-likeness (QED) is 0.226. The van der Waals surface area contributed by atoms with Crippen molar-refractivity contribution in [1.29, 1.82) is 0 Å². The van der Waals surface area contributed by atoms with Gasteiger partial charge in [-0.3, -0.25) is 19.1 Å². The zero-order valence-corrected chi connectivity index (χ0v) is 32.1. The summed E-state index contributed by atoms with van der Waals surface area (Å²) in [5, 5.41) is 6.83. The number of aromatic nitrogens is 3. The summed E-state index contributed by atoms with van der Waals surface area (Å²) >= 11 is 1.45. The Hall–Kier alpha value is -4.64. The van der Waals surface area contributed by atoms with Crippen molar-refractivity contribution >= 4 is 56.3 Å². The average molecular weight is 780 g/mol. The van der Waals surface area contributed by atoms with E-state index >= 15 is 0 Å². The number of rotatable bonds is 12. The van der Waals surface area contributed by atoms with Gasteiger partial charge >= 0.3 is 6.09 Å². The summed E-state index contributed by atoms with van der Waals surface area (Å²) < 4.78 is 39.8. The zero-order valence-electron chi connectivity index (χ0n) is 30.4. The summed E-state index contributed by atoms with van der Waals surface area (Å²) in [5.41, 5.74) is -0.992. The predicted molar refractivity (Wildman–Crippen MR) is 200 cm³/mol. The molecular formula is C37H45N7O8S2. The highest BCUT2D eigenvalue weighted by atomic mass is 32.2. The third-order valence-corrected chi connectivity index (χ3v) is 13.2. The van der Waals surface area contributed by atoms with E-state index in [0.717, 1.165) is 30.6 Å². The number of nitrogens with zero attached hydrogens (tertiary/aromatic N) is 4. The van der Waals surface area contributed by atoms with Crippen molar-refractivity contribution in [2.75, 3.05) is 6.54 Å². The maximum absolute atomic E-state index is 14.6. The molecule has 0 spiro atoms. The lowest BCUT2D eigenvalue weighted by atomic mass is 9.85. The SMILES string of the molecule is C=C[C@@H]1CC1(NC(=O)[C@@H]1C[C@@H](Oc2nc3ncccc3nc2-c2cccs2)CN1C(=O)[C@@H](NC(=O)OC1CCCC1)C(C)(C)C)C(=O)NS(=O)(=O)C1CC1. The minimum atomic E-state index is -3.91. The molecule has 0 aromatic carbocycles. The lowest BCUT2D eigenvalue weighted by Crippen LogP contribution is -2.60. The van der Waals surface area contributed by atoms with Crippen molar-refractivity contribution < 1.29 is 37.1 Å². The van der Waals surface area contributed by atoms with Crippen molar-refractivity contribution in [2.45, 2.75) is 107 Å². The van der Waals surface area contributed by atoms with Crippen molar-refractivity contribution in [3.8, 4) is 16.5 Å². The average Bonchev–Trinajstić information content (AvgIpc) is 3.88. The number of sulfonamides is 1. The Bertz CT molecular complexity index is 2060. The second kappa shape index (κ2) is 14.5. The zero-order chi connectivity index (χ0) is 38.4. The summed E-state index contributed by atoms with van der Waals surface area (Å²) in [6, 6.07) is 5.03. The Kier molecular flexibility index (Phi) is 10.1. The van der Waals surface area contributed by atoms with Gasteiger partial charge in [-0.15, -0.1) is 17.9 Å². The van der Waals surface area contributed by atoms with Crippen LogP contribution in [0.25, 0.3) is 21.7 Å². The molecule has 54 heavy (non-hydrogen) atoms. The molecule has 1 saturated heterocycles. The number of carbonyl (C=O) groups excluding carboxylic acids is 4. The van der Waals surface area contributed by atoms with E-state index in [-0.39, 0.29) is 31.4 Å². The van der Waals surface area contributed by atoms with Crippen LogP contribution in [0.5, 0.6) is 5.88 Å². The van der Waals surface area contributed by atoms with Crippen molar-refractivity contribution in [2.24, 2.45) is 11.3 Å². The van der Waals surface area contributed by atoms with E-state index in [1.54, 1.807) is 39.1 Å². The molecular weight excluding hydrogens is 735 g/mol. The normalized spacial score (nSPS) is 24.8. The van der Waals surface area contributed by atoms with Gasteiger partial charge in [0.25, 0.3) is 5.91 Å². The van der Waals surface area contributed by atoms with E-state index in [4.69, 9.17) is 14.5 Å². The second-order valence-corrected chi connectivity index (χ2v) is 18.5. The molecule has 1 aliphatic heterocycles. The molecule has 0 radical (unpaired) electrons. The third-order valence-electron chi connectivity index (χ3n) is 10.5. The van der Waals surface area contributed by atoms with Crippen LogP contribution >= 0.6 is 11.3 Å². The number of nitrogens with one attached hydrogen (secondary N) is 3. The van der Waals surface area contributed by atoms with Crippen LogP contribution < -0.4 is 20.1 Å². The van der Waals surface area contributed by atoms with Gasteiger partial charge in [-0.05, 0) is 73.9 Å². The van der Waals surface area contributed by atoms with Crippen LogP contribution in [0, 0.1) is 11.3 Å². The van der Waals surface area contributed by atoms with Crippen LogP contribution in [0.3, 0.4) is 0 Å². The fourth-order valence-electron chi connectivity index (χ4n) is 7.21. The molecule has 3 saturated carbocycles. The highest BCUT2D eigenvalue weighted by molar-refractivity contribution is 7.91. The number of hydrogen-bond acceptors (Lipinski definition) is 12. The number of fused-ring (bicyclic) bond motifs is 1. The fourth-order valence-corrected chi connectivity index (χ4v) is 9.28. The first-order valence-electron chi connectivity index (χ1n) is 18.3. The number of carbonyl (C=O) groups is 4. The minimum Gasteiger partial charge on any atom is -0.471 e. The maximum Gasteiger partial charge on any atom is 0.408 e. The largest absolute Gasteiger partial charge is 0.471 e. The number of pyridine rings is 1. The van der Waals surface area contributed by atoms with Gasteiger partial charge in [-0.2, -0.15) is 4.98 Å². The molecule has 4 fully saturated rings. The first-order chi connectivity index (χ1) is 25.7. The lowest BCUT2D eigenvalue weighted by molar-refractivity contribution is -0.143. The van der Waals surface area contributed by atoms with Gasteiger partial charge in [0.1, 0.15) is 41.0 Å². The topological polar surface area (TPSA) is 199 Å². The summed E-state index contributed by atoms with van der Waals surface area (Å²) in [7, 11) is -3.91. The summed E-state index contributed by atoms with van der Waals surface area (Å²) in [4.78, 5) is 71.6. The number of likely N-dealkylation sites (tertiary alicyclic amines) is 1. The van der Waals surface area contributed by atoms with E-state index in [9.17, 15) is 27.6 Å². The summed E-state index contributed by atoms with van der Waals surface area (Å²) in [5.74, 6) is -2.43. The number of hydrogen-bond donors (Lipinski definition) is 3. The number of ether oxygens (including phenoxy) is 2. The van der Waals surface area contributed by atoms with Crippen molar-refractivity contribution in [3.63, 3.8) is 0 Å². The van der Waals surface area contributed by atoms with E-state index < -0.39 is 74.1 Å². The Balaban J connectivity index is 1.18. The summed E-state index contributed by atoms with van der Waals surface area (Å²) in [6.07, 6.45) is 5.80. The molecule has 4 heterocycles. The molecule has 17 heteroatoms.